The Morgan fingerprint density at radius 2 is 1.71 bits per heavy atom. The quantitative estimate of drug-likeness (QED) is 0.150. The lowest BCUT2D eigenvalue weighted by Gasteiger charge is -2.44. The molecule has 1 heterocycles. The molecular formula is C45H57N5O. The van der Waals surface area contributed by atoms with Crippen molar-refractivity contribution in [2.24, 2.45) is 33.7 Å². The second-order valence-electron chi connectivity index (χ2n) is 14.8. The first-order valence-electron chi connectivity index (χ1n) is 19.2. The first kappa shape index (κ1) is 37.7. The Balaban J connectivity index is 1.21. The summed E-state index contributed by atoms with van der Waals surface area (Å²) in [6.45, 7) is 14.1. The largest absolute Gasteiger partial charge is 0.372 e. The fourth-order valence-corrected chi connectivity index (χ4v) is 8.05. The lowest BCUT2D eigenvalue weighted by atomic mass is 9.70. The van der Waals surface area contributed by atoms with E-state index in [9.17, 15) is 10.1 Å². The van der Waals surface area contributed by atoms with Gasteiger partial charge in [0.2, 0.25) is 0 Å². The van der Waals surface area contributed by atoms with Crippen molar-refractivity contribution in [3.05, 3.63) is 119 Å². The molecule has 1 saturated heterocycles. The lowest BCUT2D eigenvalue weighted by molar-refractivity contribution is 0.0924. The Labute approximate surface area is 306 Å². The number of benzene rings is 2. The number of aryl methyl sites for hydroxylation is 1. The Kier molecular flexibility index (Phi) is 13.8. The molecule has 2 aromatic carbocycles. The Bertz CT molecular complexity index is 1660. The van der Waals surface area contributed by atoms with E-state index in [1.807, 2.05) is 49.9 Å². The van der Waals surface area contributed by atoms with E-state index in [1.165, 1.54) is 62.5 Å². The fraction of sp³-hybridized carbons (Fsp3) is 0.467. The summed E-state index contributed by atoms with van der Waals surface area (Å²) in [6.07, 6.45) is 21.7. The predicted octanol–water partition coefficient (Wildman–Crippen LogP) is 9.45. The molecule has 2 atom stereocenters. The molecule has 1 unspecified atom stereocenters. The van der Waals surface area contributed by atoms with Crippen LogP contribution in [0.1, 0.15) is 98.7 Å². The predicted molar refractivity (Wildman–Crippen MR) is 212 cm³/mol. The second-order valence-corrected chi connectivity index (χ2v) is 14.8. The van der Waals surface area contributed by atoms with Crippen molar-refractivity contribution >= 4 is 18.3 Å². The molecule has 5 rings (SSSR count). The van der Waals surface area contributed by atoms with Gasteiger partial charge in [-0.3, -0.25) is 14.8 Å². The zero-order valence-electron chi connectivity index (χ0n) is 31.1. The van der Waals surface area contributed by atoms with E-state index in [0.717, 1.165) is 53.0 Å². The maximum atomic E-state index is 13.3. The van der Waals surface area contributed by atoms with Crippen molar-refractivity contribution in [3.8, 4) is 6.07 Å². The summed E-state index contributed by atoms with van der Waals surface area (Å²) < 4.78 is 0. The highest BCUT2D eigenvalue weighted by molar-refractivity contribution is 5.94. The normalized spacial score (nSPS) is 21.9. The minimum atomic E-state index is -0.294. The monoisotopic (exact) mass is 683 g/mol. The summed E-state index contributed by atoms with van der Waals surface area (Å²) in [4.78, 5) is 24.5. The minimum absolute atomic E-state index is 0.123. The summed E-state index contributed by atoms with van der Waals surface area (Å²) in [5.41, 5.74) is 7.83. The van der Waals surface area contributed by atoms with E-state index in [2.05, 4.69) is 78.6 Å². The van der Waals surface area contributed by atoms with Gasteiger partial charge in [-0.1, -0.05) is 95.2 Å². The number of carbonyl (C=O) groups is 1. The van der Waals surface area contributed by atoms with Gasteiger partial charge in [0.1, 0.15) is 0 Å². The number of nitrogens with one attached hydrogen (secondary N) is 1. The molecule has 0 radical (unpaired) electrons. The van der Waals surface area contributed by atoms with Gasteiger partial charge < -0.3 is 10.2 Å². The molecule has 1 saturated carbocycles. The number of hydrogen-bond donors (Lipinski definition) is 1. The molecular weight excluding hydrogens is 627 g/mol. The van der Waals surface area contributed by atoms with E-state index in [-0.39, 0.29) is 17.9 Å². The van der Waals surface area contributed by atoms with Crippen LogP contribution in [0.5, 0.6) is 0 Å². The average Bonchev–Trinajstić information content (AvgIpc) is 3.14. The van der Waals surface area contributed by atoms with Gasteiger partial charge in [-0.2, -0.15) is 5.26 Å². The number of nitriles is 1. The van der Waals surface area contributed by atoms with Gasteiger partial charge in [0.05, 0.1) is 12.1 Å². The smallest absolute Gasteiger partial charge is 0.251 e. The standard InChI is InChI=1S/C45H57N5O/c1-6-8-35-15-17-38(18-16-35)39-21-23-40(24-22-39)42(28-47-5)29-48-27-37-11-9-36(10-12-37)25-44(33(4)50-30-43(31-50)32(3)26-46)49-45(51)41-19-13-34(7-2)14-20-41/h9-14,19-20,23,27-29,35,38-39,43-44H,3-4,6-8,15-18,21-22,24-25,30-31H2,1-2,5H3,(H,49,51)/b42-29+,47-28?,48-27?/t35?,38?,39?,44-/m0/s1. The van der Waals surface area contributed by atoms with Crippen molar-refractivity contribution in [1.82, 2.24) is 10.2 Å². The van der Waals surface area contributed by atoms with E-state index < -0.39 is 0 Å². The summed E-state index contributed by atoms with van der Waals surface area (Å²) >= 11 is 0. The van der Waals surface area contributed by atoms with Crippen molar-refractivity contribution in [1.29, 1.82) is 5.26 Å². The van der Waals surface area contributed by atoms with E-state index in [0.29, 0.717) is 30.6 Å². The van der Waals surface area contributed by atoms with Gasteiger partial charge in [-0.05, 0) is 97.1 Å². The van der Waals surface area contributed by atoms with Crippen LogP contribution in [0.15, 0.2) is 106 Å². The number of rotatable bonds is 15. The van der Waals surface area contributed by atoms with Crippen LogP contribution in [-0.4, -0.2) is 49.4 Å². The molecule has 268 valence electrons. The molecule has 2 fully saturated rings. The van der Waals surface area contributed by atoms with Crippen LogP contribution < -0.4 is 5.32 Å². The summed E-state index contributed by atoms with van der Waals surface area (Å²) in [5, 5.41) is 12.5. The summed E-state index contributed by atoms with van der Waals surface area (Å²) in [5.74, 6) is 2.69. The van der Waals surface area contributed by atoms with Crippen LogP contribution in [-0.2, 0) is 12.8 Å². The van der Waals surface area contributed by atoms with Gasteiger partial charge >= 0.3 is 0 Å². The number of nitrogens with zero attached hydrogens (tertiary/aromatic N) is 4. The van der Waals surface area contributed by atoms with Crippen molar-refractivity contribution < 1.29 is 4.79 Å². The highest BCUT2D eigenvalue weighted by Gasteiger charge is 2.33. The minimum Gasteiger partial charge on any atom is -0.372 e. The third-order valence-electron chi connectivity index (χ3n) is 11.5. The molecule has 1 amide bonds. The third-order valence-corrected chi connectivity index (χ3v) is 11.5. The van der Waals surface area contributed by atoms with Gasteiger partial charge in [0.25, 0.3) is 5.91 Å². The van der Waals surface area contributed by atoms with E-state index >= 15 is 0 Å². The second kappa shape index (κ2) is 18.7. The highest BCUT2D eigenvalue weighted by atomic mass is 16.1. The third kappa shape index (κ3) is 10.3. The van der Waals surface area contributed by atoms with Crippen molar-refractivity contribution in [2.45, 2.75) is 90.5 Å². The number of hydrogen-bond acceptors (Lipinski definition) is 5. The number of amides is 1. The van der Waals surface area contributed by atoms with Gasteiger partial charge in [-0.25, -0.2) is 0 Å². The Hall–Kier alpha value is -4.50. The van der Waals surface area contributed by atoms with E-state index in [1.54, 1.807) is 0 Å². The van der Waals surface area contributed by atoms with Crippen LogP contribution in [0.2, 0.25) is 0 Å². The van der Waals surface area contributed by atoms with E-state index in [4.69, 9.17) is 4.99 Å². The SMILES string of the molecule is C=C(C#N)C1CN(C(=C)[C@H](Cc2ccc(C=N/C=C(\C=NC)C3=CCC(C4CCC(CCC)CC4)CC3)cc2)NC(=O)c2ccc(CC)cc2)C1. The zero-order valence-corrected chi connectivity index (χ0v) is 31.1. The molecule has 0 aromatic heterocycles. The summed E-state index contributed by atoms with van der Waals surface area (Å²) in [6, 6.07) is 18.0. The lowest BCUT2D eigenvalue weighted by Crippen LogP contribution is -2.52. The first-order valence-corrected chi connectivity index (χ1v) is 19.2. The van der Waals surface area contributed by atoms with Crippen LogP contribution >= 0.6 is 0 Å². The van der Waals surface area contributed by atoms with Gasteiger partial charge in [0.15, 0.2) is 0 Å². The molecule has 51 heavy (non-hydrogen) atoms. The topological polar surface area (TPSA) is 80.8 Å². The molecule has 0 bridgehead atoms. The Morgan fingerprint density at radius 3 is 2.31 bits per heavy atom. The fourth-order valence-electron chi connectivity index (χ4n) is 8.05. The van der Waals surface area contributed by atoms with Gasteiger partial charge in [-0.15, -0.1) is 0 Å². The van der Waals surface area contributed by atoms with Crippen LogP contribution in [0, 0.1) is 35.0 Å². The molecule has 2 aromatic rings. The maximum absolute atomic E-state index is 13.3. The molecule has 0 spiro atoms. The number of allylic oxidation sites excluding steroid dienone is 3. The van der Waals surface area contributed by atoms with Crippen molar-refractivity contribution in [3.63, 3.8) is 0 Å². The zero-order chi connectivity index (χ0) is 36.2. The molecule has 1 N–H and O–H groups in total. The van der Waals surface area contributed by atoms with Gasteiger partial charge in [0, 0.05) is 67.1 Å². The molecule has 2 aliphatic carbocycles. The molecule has 1 aliphatic heterocycles. The number of aliphatic imine (C=N–C) groups is 2. The van der Waals surface area contributed by atoms with Crippen LogP contribution in [0.25, 0.3) is 0 Å². The van der Waals surface area contributed by atoms with Crippen molar-refractivity contribution in [2.75, 3.05) is 20.1 Å². The maximum Gasteiger partial charge on any atom is 0.251 e. The van der Waals surface area contributed by atoms with Crippen LogP contribution in [0.4, 0.5) is 0 Å². The summed E-state index contributed by atoms with van der Waals surface area (Å²) in [7, 11) is 1.83. The average molecular weight is 684 g/mol. The highest BCUT2D eigenvalue weighted by Crippen LogP contribution is 2.41. The number of carbonyl (C=O) groups excluding carboxylic acids is 1. The Morgan fingerprint density at radius 1 is 1.00 bits per heavy atom. The molecule has 6 nitrogen and oxygen atoms in total. The molecule has 6 heteroatoms. The first-order chi connectivity index (χ1) is 24.8. The number of likely N-dealkylation sites (tertiary alicyclic amines) is 1. The molecule has 3 aliphatic rings. The van der Waals surface area contributed by atoms with Crippen LogP contribution in [0.3, 0.4) is 0 Å².